The molecule has 0 bridgehead atoms. The van der Waals surface area contributed by atoms with Gasteiger partial charge < -0.3 is 15.0 Å². The molecule has 7 nitrogen and oxygen atoms in total. The zero-order chi connectivity index (χ0) is 20.0. The molecule has 9 heteroatoms. The molecule has 0 aromatic heterocycles. The van der Waals surface area contributed by atoms with Crippen LogP contribution in [0.1, 0.15) is 6.42 Å². The van der Waals surface area contributed by atoms with Crippen molar-refractivity contribution in [2.75, 3.05) is 43.1 Å². The predicted octanol–water partition coefficient (Wildman–Crippen LogP) is 2.59. The third-order valence-corrected chi connectivity index (χ3v) is 6.23. The fraction of sp³-hybridized carbons (Fsp3) is 0.316. The van der Waals surface area contributed by atoms with Crippen LogP contribution in [0, 0.1) is 0 Å². The molecule has 3 rings (SSSR count). The summed E-state index contributed by atoms with van der Waals surface area (Å²) in [5.74, 6) is -0.252. The standard InChI is InChI=1S/C19H22BrN3O4S/c20-15-4-3-5-16(14-15)28(25,26)21-9-8-19(24)22-17-6-1-2-7-18(17)23-10-12-27-13-11-23/h1-7,14,21H,8-13H2,(H,22,24). The third-order valence-electron chi connectivity index (χ3n) is 4.28. The average Bonchev–Trinajstić information content (AvgIpc) is 2.69. The van der Waals surface area contributed by atoms with E-state index in [9.17, 15) is 13.2 Å². The largest absolute Gasteiger partial charge is 0.378 e. The van der Waals surface area contributed by atoms with Crippen LogP contribution in [0.3, 0.4) is 0 Å². The van der Waals surface area contributed by atoms with Crippen LogP contribution in [0.2, 0.25) is 0 Å². The molecule has 0 aliphatic carbocycles. The van der Waals surface area contributed by atoms with Crippen LogP contribution < -0.4 is 14.9 Å². The Kier molecular flexibility index (Phi) is 7.06. The molecule has 2 aromatic carbocycles. The summed E-state index contributed by atoms with van der Waals surface area (Å²) in [5, 5.41) is 2.88. The number of nitrogens with one attached hydrogen (secondary N) is 2. The number of carbonyl (C=O) groups excluding carboxylic acids is 1. The topological polar surface area (TPSA) is 87.7 Å². The van der Waals surface area contributed by atoms with Crippen LogP contribution in [0.4, 0.5) is 11.4 Å². The van der Waals surface area contributed by atoms with Crippen molar-refractivity contribution in [1.29, 1.82) is 0 Å². The lowest BCUT2D eigenvalue weighted by atomic mass is 10.2. The molecule has 0 unspecified atom stereocenters. The Morgan fingerprint density at radius 1 is 1.11 bits per heavy atom. The number of hydrogen-bond donors (Lipinski definition) is 2. The summed E-state index contributed by atoms with van der Waals surface area (Å²) in [6.07, 6.45) is 0.0324. The van der Waals surface area contributed by atoms with Crippen molar-refractivity contribution in [3.63, 3.8) is 0 Å². The van der Waals surface area contributed by atoms with E-state index in [4.69, 9.17) is 4.74 Å². The molecule has 0 atom stereocenters. The first kappa shape index (κ1) is 20.8. The van der Waals surface area contributed by atoms with E-state index in [0.717, 1.165) is 18.8 Å². The lowest BCUT2D eigenvalue weighted by molar-refractivity contribution is -0.116. The van der Waals surface area contributed by atoms with E-state index in [1.165, 1.54) is 12.1 Å². The van der Waals surface area contributed by atoms with Gasteiger partial charge in [0.2, 0.25) is 15.9 Å². The Balaban J connectivity index is 1.56. The van der Waals surface area contributed by atoms with Crippen molar-refractivity contribution < 1.29 is 17.9 Å². The van der Waals surface area contributed by atoms with Crippen LogP contribution in [0.25, 0.3) is 0 Å². The lowest BCUT2D eigenvalue weighted by Gasteiger charge is -2.30. The second kappa shape index (κ2) is 9.51. The number of sulfonamides is 1. The SMILES string of the molecule is O=C(CCNS(=O)(=O)c1cccc(Br)c1)Nc1ccccc1N1CCOCC1. The van der Waals surface area contributed by atoms with Gasteiger partial charge in [0.25, 0.3) is 0 Å². The summed E-state index contributed by atoms with van der Waals surface area (Å²) in [6, 6.07) is 14.0. The van der Waals surface area contributed by atoms with Gasteiger partial charge >= 0.3 is 0 Å². The number of benzene rings is 2. The first-order chi connectivity index (χ1) is 13.5. The average molecular weight is 468 g/mol. The van der Waals surface area contributed by atoms with E-state index in [2.05, 4.69) is 30.9 Å². The summed E-state index contributed by atoms with van der Waals surface area (Å²) < 4.78 is 33.1. The van der Waals surface area contributed by atoms with Gasteiger partial charge in [0, 0.05) is 30.5 Å². The molecule has 28 heavy (non-hydrogen) atoms. The number of rotatable bonds is 7. The van der Waals surface area contributed by atoms with Gasteiger partial charge in [0.15, 0.2) is 0 Å². The molecule has 1 heterocycles. The maximum absolute atomic E-state index is 12.3. The number of hydrogen-bond acceptors (Lipinski definition) is 5. The van der Waals surface area contributed by atoms with Gasteiger partial charge in [-0.05, 0) is 30.3 Å². The van der Waals surface area contributed by atoms with Crippen LogP contribution in [0.5, 0.6) is 0 Å². The van der Waals surface area contributed by atoms with Gasteiger partial charge in [-0.25, -0.2) is 13.1 Å². The van der Waals surface area contributed by atoms with E-state index in [1.54, 1.807) is 12.1 Å². The van der Waals surface area contributed by atoms with Crippen molar-refractivity contribution in [1.82, 2.24) is 4.72 Å². The Morgan fingerprint density at radius 2 is 1.86 bits per heavy atom. The molecule has 0 saturated carbocycles. The molecular weight excluding hydrogens is 446 g/mol. The van der Waals surface area contributed by atoms with E-state index < -0.39 is 10.0 Å². The first-order valence-electron chi connectivity index (χ1n) is 8.92. The normalized spacial score (nSPS) is 14.7. The van der Waals surface area contributed by atoms with Crippen LogP contribution >= 0.6 is 15.9 Å². The molecule has 1 aliphatic rings. The quantitative estimate of drug-likeness (QED) is 0.653. The summed E-state index contributed by atoms with van der Waals surface area (Å²) in [5.41, 5.74) is 1.65. The molecular formula is C19H22BrN3O4S. The summed E-state index contributed by atoms with van der Waals surface area (Å²) in [7, 11) is -3.66. The summed E-state index contributed by atoms with van der Waals surface area (Å²) in [4.78, 5) is 14.6. The minimum Gasteiger partial charge on any atom is -0.378 e. The predicted molar refractivity (Wildman–Crippen MR) is 112 cm³/mol. The van der Waals surface area contributed by atoms with Crippen LogP contribution in [-0.4, -0.2) is 47.2 Å². The molecule has 0 spiro atoms. The minimum atomic E-state index is -3.66. The highest BCUT2D eigenvalue weighted by molar-refractivity contribution is 9.10. The Bertz CT molecular complexity index is 930. The van der Waals surface area contributed by atoms with Gasteiger partial charge in [-0.3, -0.25) is 4.79 Å². The first-order valence-corrected chi connectivity index (χ1v) is 11.2. The highest BCUT2D eigenvalue weighted by Gasteiger charge is 2.17. The summed E-state index contributed by atoms with van der Waals surface area (Å²) in [6.45, 7) is 2.85. The molecule has 1 fully saturated rings. The van der Waals surface area contributed by atoms with Gasteiger partial charge in [0.05, 0.1) is 29.5 Å². The molecule has 1 aliphatic heterocycles. The van der Waals surface area contributed by atoms with Gasteiger partial charge in [-0.2, -0.15) is 0 Å². The number of carbonyl (C=O) groups is 1. The number of amides is 1. The monoisotopic (exact) mass is 467 g/mol. The van der Waals surface area contributed by atoms with Gasteiger partial charge in [0.1, 0.15) is 0 Å². The molecule has 2 aromatic rings. The zero-order valence-electron chi connectivity index (χ0n) is 15.2. The van der Waals surface area contributed by atoms with Crippen LogP contribution in [0.15, 0.2) is 57.9 Å². The van der Waals surface area contributed by atoms with E-state index in [0.29, 0.717) is 23.4 Å². The highest BCUT2D eigenvalue weighted by Crippen LogP contribution is 2.26. The van der Waals surface area contributed by atoms with E-state index in [1.807, 2.05) is 24.3 Å². The second-order valence-electron chi connectivity index (χ2n) is 6.27. The van der Waals surface area contributed by atoms with Crippen LogP contribution in [-0.2, 0) is 19.6 Å². The lowest BCUT2D eigenvalue weighted by Crippen LogP contribution is -2.36. The van der Waals surface area contributed by atoms with Crippen molar-refractivity contribution in [2.24, 2.45) is 0 Å². The molecule has 0 radical (unpaired) electrons. The Morgan fingerprint density at radius 3 is 2.61 bits per heavy atom. The number of ether oxygens (including phenoxy) is 1. The fourth-order valence-electron chi connectivity index (χ4n) is 2.89. The third kappa shape index (κ3) is 5.54. The zero-order valence-corrected chi connectivity index (χ0v) is 17.6. The van der Waals surface area contributed by atoms with Crippen molar-refractivity contribution in [3.8, 4) is 0 Å². The molecule has 1 amide bonds. The fourth-order valence-corrected chi connectivity index (χ4v) is 4.52. The molecule has 1 saturated heterocycles. The Labute approximate surface area is 173 Å². The van der Waals surface area contributed by atoms with Gasteiger partial charge in [-0.15, -0.1) is 0 Å². The highest BCUT2D eigenvalue weighted by atomic mass is 79.9. The Hall–Kier alpha value is -1.94. The smallest absolute Gasteiger partial charge is 0.240 e. The number of anilines is 2. The maximum atomic E-state index is 12.3. The van der Waals surface area contributed by atoms with E-state index >= 15 is 0 Å². The molecule has 2 N–H and O–H groups in total. The number of morpholine rings is 1. The van der Waals surface area contributed by atoms with E-state index in [-0.39, 0.29) is 23.8 Å². The number of nitrogens with zero attached hydrogens (tertiary/aromatic N) is 1. The number of halogens is 1. The van der Waals surface area contributed by atoms with Crippen molar-refractivity contribution >= 4 is 43.2 Å². The summed E-state index contributed by atoms with van der Waals surface area (Å²) >= 11 is 3.25. The van der Waals surface area contributed by atoms with Crippen molar-refractivity contribution in [3.05, 3.63) is 53.0 Å². The van der Waals surface area contributed by atoms with Crippen molar-refractivity contribution in [2.45, 2.75) is 11.3 Å². The minimum absolute atomic E-state index is 0.0143. The molecule has 150 valence electrons. The number of para-hydroxylation sites is 2. The maximum Gasteiger partial charge on any atom is 0.240 e. The second-order valence-corrected chi connectivity index (χ2v) is 8.95. The van der Waals surface area contributed by atoms with Gasteiger partial charge in [-0.1, -0.05) is 34.1 Å².